The molecule has 0 radical (unpaired) electrons. The molecule has 11 aromatic rings. The molecule has 0 atom stereocenters. The molecule has 0 aliphatic carbocycles. The molecule has 276 valence electrons. The average molecular weight is 770 g/mol. The number of benzene rings is 9. The highest BCUT2D eigenvalue weighted by molar-refractivity contribution is 7.26. The average Bonchev–Trinajstić information content (AvgIpc) is 3.71. The van der Waals surface area contributed by atoms with Gasteiger partial charge >= 0.3 is 0 Å². The molecule has 0 aliphatic heterocycles. The van der Waals surface area contributed by atoms with Crippen LogP contribution in [0.1, 0.15) is 0 Å². The first-order chi connectivity index (χ1) is 29.2. The Labute approximate surface area is 346 Å². The largest absolute Gasteiger partial charge is 0.208 e. The van der Waals surface area contributed by atoms with E-state index in [2.05, 4.69) is 200 Å². The quantitative estimate of drug-likeness (QED) is 0.162. The number of hydrogen-bond donors (Lipinski definition) is 0. The van der Waals surface area contributed by atoms with Gasteiger partial charge in [-0.05, 0) is 85.6 Å². The van der Waals surface area contributed by atoms with E-state index in [1.807, 2.05) is 23.5 Å². The molecule has 9 aromatic carbocycles. The second kappa shape index (κ2) is 14.8. The molecule has 59 heavy (non-hydrogen) atoms. The summed E-state index contributed by atoms with van der Waals surface area (Å²) in [5.74, 6) is 1.86. The number of hydrogen-bond acceptors (Lipinski definition) is 4. The molecule has 11 rings (SSSR count). The lowest BCUT2D eigenvalue weighted by molar-refractivity contribution is 1.07. The molecule has 0 saturated heterocycles. The van der Waals surface area contributed by atoms with Crippen molar-refractivity contribution in [2.75, 3.05) is 0 Å². The van der Waals surface area contributed by atoms with E-state index in [4.69, 9.17) is 15.0 Å². The van der Waals surface area contributed by atoms with Crippen molar-refractivity contribution in [3.05, 3.63) is 212 Å². The van der Waals surface area contributed by atoms with Crippen LogP contribution in [0.4, 0.5) is 0 Å². The zero-order valence-electron chi connectivity index (χ0n) is 32.0. The normalized spacial score (nSPS) is 11.4. The predicted octanol–water partition coefficient (Wildman–Crippen LogP) is 15.1. The van der Waals surface area contributed by atoms with E-state index in [1.54, 1.807) is 0 Å². The van der Waals surface area contributed by atoms with Gasteiger partial charge in [0.05, 0.1) is 0 Å². The number of nitrogens with zero attached hydrogens (tertiary/aromatic N) is 3. The lowest BCUT2D eigenvalue weighted by atomic mass is 9.93. The standard InChI is InChI=1S/C55H35N3S/c1-3-17-37(18-4-1)44-22-9-11-25-49(44)54-56-53(57-55(58-54)50-26-12-10-23-45(50)38-19-5-2-6-20-38)43-34-41(40-31-30-36-16-7-8-21-39(36)32-40)33-42(35-43)46-27-15-28-48-47-24-13-14-29-51(47)59-52(46)48/h1-35H. The van der Waals surface area contributed by atoms with Crippen molar-refractivity contribution in [3.8, 4) is 78.7 Å². The van der Waals surface area contributed by atoms with E-state index >= 15 is 0 Å². The minimum atomic E-state index is 0.614. The van der Waals surface area contributed by atoms with E-state index in [-0.39, 0.29) is 0 Å². The second-order valence-corrected chi connectivity index (χ2v) is 15.8. The molecular weight excluding hydrogens is 735 g/mol. The third-order valence-electron chi connectivity index (χ3n) is 11.1. The molecule has 0 fully saturated rings. The number of rotatable bonds is 7. The van der Waals surface area contributed by atoms with Gasteiger partial charge in [-0.3, -0.25) is 0 Å². The number of aromatic nitrogens is 3. The SMILES string of the molecule is c1ccc(-c2ccccc2-c2nc(-c3cc(-c4ccc5ccccc5c4)cc(-c4cccc5c4sc4ccccc45)c3)nc(-c3ccccc3-c3ccccc3)n2)cc1. The summed E-state index contributed by atoms with van der Waals surface area (Å²) in [7, 11) is 0. The minimum absolute atomic E-state index is 0.614. The van der Waals surface area contributed by atoms with Gasteiger partial charge in [-0.25, -0.2) is 15.0 Å². The van der Waals surface area contributed by atoms with Crippen LogP contribution in [0.2, 0.25) is 0 Å². The van der Waals surface area contributed by atoms with Crippen LogP contribution in [0.25, 0.3) is 110 Å². The molecule has 0 bridgehead atoms. The van der Waals surface area contributed by atoms with Crippen LogP contribution in [-0.4, -0.2) is 15.0 Å². The first kappa shape index (κ1) is 34.7. The van der Waals surface area contributed by atoms with Gasteiger partial charge < -0.3 is 0 Å². The summed E-state index contributed by atoms with van der Waals surface area (Å²) in [6, 6.07) is 75.2. The smallest absolute Gasteiger partial charge is 0.164 e. The molecule has 0 amide bonds. The van der Waals surface area contributed by atoms with Crippen molar-refractivity contribution in [2.45, 2.75) is 0 Å². The fourth-order valence-corrected chi connectivity index (χ4v) is 9.50. The van der Waals surface area contributed by atoms with Crippen molar-refractivity contribution in [1.29, 1.82) is 0 Å². The maximum Gasteiger partial charge on any atom is 0.164 e. The van der Waals surface area contributed by atoms with Gasteiger partial charge in [-0.1, -0.05) is 182 Å². The molecule has 2 heterocycles. The molecule has 4 heteroatoms. The maximum absolute atomic E-state index is 5.38. The zero-order chi connectivity index (χ0) is 39.1. The molecule has 0 spiro atoms. The van der Waals surface area contributed by atoms with Crippen molar-refractivity contribution in [1.82, 2.24) is 15.0 Å². The first-order valence-corrected chi connectivity index (χ1v) is 20.7. The summed E-state index contributed by atoms with van der Waals surface area (Å²) in [5, 5.41) is 4.95. The Balaban J connectivity index is 1.18. The van der Waals surface area contributed by atoms with Gasteiger partial charge in [-0.15, -0.1) is 11.3 Å². The molecule has 0 unspecified atom stereocenters. The second-order valence-electron chi connectivity index (χ2n) is 14.8. The zero-order valence-corrected chi connectivity index (χ0v) is 32.8. The predicted molar refractivity (Wildman–Crippen MR) is 248 cm³/mol. The van der Waals surface area contributed by atoms with Gasteiger partial charge in [0.1, 0.15) is 0 Å². The number of fused-ring (bicyclic) bond motifs is 4. The van der Waals surface area contributed by atoms with Crippen molar-refractivity contribution < 1.29 is 0 Å². The van der Waals surface area contributed by atoms with Crippen LogP contribution in [0.3, 0.4) is 0 Å². The van der Waals surface area contributed by atoms with Crippen LogP contribution < -0.4 is 0 Å². The maximum atomic E-state index is 5.38. The van der Waals surface area contributed by atoms with Gasteiger partial charge in [-0.2, -0.15) is 0 Å². The Morgan fingerprint density at radius 3 is 1.47 bits per heavy atom. The summed E-state index contributed by atoms with van der Waals surface area (Å²) in [5.41, 5.74) is 11.7. The molecule has 0 aliphatic rings. The Morgan fingerprint density at radius 2 is 0.780 bits per heavy atom. The molecular formula is C55H35N3S. The van der Waals surface area contributed by atoms with Crippen molar-refractivity contribution in [2.24, 2.45) is 0 Å². The Kier molecular flexibility index (Phi) is 8.68. The third kappa shape index (κ3) is 6.46. The highest BCUT2D eigenvalue weighted by Crippen LogP contribution is 2.43. The number of thiophene rings is 1. The summed E-state index contributed by atoms with van der Waals surface area (Å²) in [6.07, 6.45) is 0. The van der Waals surface area contributed by atoms with Gasteiger partial charge in [0, 0.05) is 36.9 Å². The summed E-state index contributed by atoms with van der Waals surface area (Å²) >= 11 is 1.85. The minimum Gasteiger partial charge on any atom is -0.208 e. The third-order valence-corrected chi connectivity index (χ3v) is 12.4. The Hall–Kier alpha value is -7.53. The van der Waals surface area contributed by atoms with E-state index in [0.717, 1.165) is 55.6 Å². The Morgan fingerprint density at radius 1 is 0.271 bits per heavy atom. The van der Waals surface area contributed by atoms with Crippen LogP contribution in [-0.2, 0) is 0 Å². The fourth-order valence-electron chi connectivity index (χ4n) is 8.26. The summed E-state index contributed by atoms with van der Waals surface area (Å²) in [4.78, 5) is 16.1. The highest BCUT2D eigenvalue weighted by Gasteiger charge is 2.20. The van der Waals surface area contributed by atoms with E-state index in [1.165, 1.54) is 36.5 Å². The molecule has 0 saturated carbocycles. The Bertz CT molecular complexity index is 3230. The molecule has 2 aromatic heterocycles. The summed E-state index contributed by atoms with van der Waals surface area (Å²) < 4.78 is 2.54. The topological polar surface area (TPSA) is 38.7 Å². The molecule has 3 nitrogen and oxygen atoms in total. The van der Waals surface area contributed by atoms with Gasteiger partial charge in [0.2, 0.25) is 0 Å². The van der Waals surface area contributed by atoms with E-state index in [9.17, 15) is 0 Å². The van der Waals surface area contributed by atoms with E-state index in [0.29, 0.717) is 17.5 Å². The van der Waals surface area contributed by atoms with Gasteiger partial charge in [0.25, 0.3) is 0 Å². The molecule has 0 N–H and O–H groups in total. The summed E-state index contributed by atoms with van der Waals surface area (Å²) in [6.45, 7) is 0. The van der Waals surface area contributed by atoms with Crippen LogP contribution in [0, 0.1) is 0 Å². The monoisotopic (exact) mass is 769 g/mol. The highest BCUT2D eigenvalue weighted by atomic mass is 32.1. The van der Waals surface area contributed by atoms with Gasteiger partial charge in [0.15, 0.2) is 17.5 Å². The van der Waals surface area contributed by atoms with E-state index < -0.39 is 0 Å². The fraction of sp³-hybridized carbons (Fsp3) is 0. The lowest BCUT2D eigenvalue weighted by Gasteiger charge is -2.15. The van der Waals surface area contributed by atoms with Crippen LogP contribution in [0.5, 0.6) is 0 Å². The van der Waals surface area contributed by atoms with Crippen molar-refractivity contribution >= 4 is 42.3 Å². The first-order valence-electron chi connectivity index (χ1n) is 19.8. The van der Waals surface area contributed by atoms with Crippen LogP contribution >= 0.6 is 11.3 Å². The van der Waals surface area contributed by atoms with Crippen molar-refractivity contribution in [3.63, 3.8) is 0 Å². The lowest BCUT2D eigenvalue weighted by Crippen LogP contribution is -2.02. The van der Waals surface area contributed by atoms with Crippen LogP contribution in [0.15, 0.2) is 212 Å².